The van der Waals surface area contributed by atoms with Crippen LogP contribution in [-0.4, -0.2) is 17.0 Å². The molecule has 0 aromatic carbocycles. The average Bonchev–Trinajstić information content (AvgIpc) is 2.84. The Morgan fingerprint density at radius 2 is 2.12 bits per heavy atom. The van der Waals surface area contributed by atoms with Gasteiger partial charge in [0.05, 0.1) is 6.04 Å². The molecule has 1 atom stereocenters. The zero-order chi connectivity index (χ0) is 11.2. The fraction of sp³-hybridized carbons (Fsp3) is 0.846. The summed E-state index contributed by atoms with van der Waals surface area (Å²) < 4.78 is 0. The minimum atomic E-state index is 0.422. The number of nitrogens with one attached hydrogen (secondary N) is 1. The van der Waals surface area contributed by atoms with Crippen molar-refractivity contribution in [2.24, 2.45) is 5.84 Å². The van der Waals surface area contributed by atoms with Crippen LogP contribution in [0.4, 0.5) is 0 Å². The van der Waals surface area contributed by atoms with Crippen LogP contribution in [0.5, 0.6) is 0 Å². The van der Waals surface area contributed by atoms with Crippen molar-refractivity contribution in [2.45, 2.75) is 62.7 Å². The Bertz CT molecular complexity index is 234. The van der Waals surface area contributed by atoms with Gasteiger partial charge in [-0.15, -0.1) is 0 Å². The molecule has 1 fully saturated rings. The average molecular weight is 240 g/mol. The second kappa shape index (κ2) is 6.67. The van der Waals surface area contributed by atoms with Crippen molar-refractivity contribution < 1.29 is 0 Å². The van der Waals surface area contributed by atoms with E-state index in [9.17, 15) is 0 Å². The number of hydrogen-bond donors (Lipinski definition) is 2. The maximum absolute atomic E-state index is 5.68. The topological polar surface area (TPSA) is 38.0 Å². The van der Waals surface area contributed by atoms with Crippen LogP contribution in [-0.2, 0) is 0 Å². The van der Waals surface area contributed by atoms with Crippen molar-refractivity contribution in [1.82, 2.24) is 5.43 Å². The lowest BCUT2D eigenvalue weighted by molar-refractivity contribution is 0.581. The van der Waals surface area contributed by atoms with Gasteiger partial charge < -0.3 is 0 Å². The first-order valence-electron chi connectivity index (χ1n) is 6.67. The van der Waals surface area contributed by atoms with Crippen LogP contribution >= 0.6 is 11.8 Å². The van der Waals surface area contributed by atoms with E-state index in [1.54, 1.807) is 5.57 Å². The van der Waals surface area contributed by atoms with E-state index in [0.29, 0.717) is 6.04 Å². The molecule has 0 heterocycles. The van der Waals surface area contributed by atoms with E-state index in [2.05, 4.69) is 23.3 Å². The molecule has 0 saturated heterocycles. The molecule has 1 saturated carbocycles. The van der Waals surface area contributed by atoms with Crippen molar-refractivity contribution in [3.8, 4) is 0 Å². The van der Waals surface area contributed by atoms with Gasteiger partial charge >= 0.3 is 0 Å². The predicted octanol–water partition coefficient (Wildman–Crippen LogP) is 2.99. The molecule has 92 valence electrons. The molecule has 0 amide bonds. The van der Waals surface area contributed by atoms with Crippen LogP contribution < -0.4 is 11.3 Å². The zero-order valence-electron chi connectivity index (χ0n) is 10.1. The van der Waals surface area contributed by atoms with Crippen LogP contribution in [0.1, 0.15) is 51.4 Å². The first kappa shape index (κ1) is 12.5. The van der Waals surface area contributed by atoms with Crippen LogP contribution in [0.3, 0.4) is 0 Å². The molecule has 16 heavy (non-hydrogen) atoms. The summed E-state index contributed by atoms with van der Waals surface area (Å²) >= 11 is 2.13. The summed E-state index contributed by atoms with van der Waals surface area (Å²) in [6.45, 7) is 0. The molecule has 2 rings (SSSR count). The molecule has 0 bridgehead atoms. The number of hydrazine groups is 1. The molecule has 0 aliphatic heterocycles. The van der Waals surface area contributed by atoms with E-state index in [4.69, 9.17) is 5.84 Å². The molecule has 0 aromatic heterocycles. The SMILES string of the molecule is NNC(CSC1CCCC1)C1=CCCCC1. The highest BCUT2D eigenvalue weighted by molar-refractivity contribution is 7.99. The maximum atomic E-state index is 5.68. The van der Waals surface area contributed by atoms with Crippen molar-refractivity contribution in [1.29, 1.82) is 0 Å². The van der Waals surface area contributed by atoms with Crippen molar-refractivity contribution >= 4 is 11.8 Å². The van der Waals surface area contributed by atoms with Crippen LogP contribution in [0, 0.1) is 0 Å². The van der Waals surface area contributed by atoms with Crippen molar-refractivity contribution in [2.75, 3.05) is 5.75 Å². The molecular formula is C13H24N2S. The van der Waals surface area contributed by atoms with Gasteiger partial charge in [0.15, 0.2) is 0 Å². The van der Waals surface area contributed by atoms with Gasteiger partial charge in [-0.1, -0.05) is 24.5 Å². The molecule has 0 radical (unpaired) electrons. The summed E-state index contributed by atoms with van der Waals surface area (Å²) in [6, 6.07) is 0.422. The summed E-state index contributed by atoms with van der Waals surface area (Å²) in [5.74, 6) is 6.84. The predicted molar refractivity (Wildman–Crippen MR) is 72.4 cm³/mol. The zero-order valence-corrected chi connectivity index (χ0v) is 10.9. The second-order valence-electron chi connectivity index (χ2n) is 4.98. The molecule has 2 aliphatic rings. The molecule has 0 spiro atoms. The number of thioether (sulfide) groups is 1. The molecule has 3 heteroatoms. The summed E-state index contributed by atoms with van der Waals surface area (Å²) in [7, 11) is 0. The maximum Gasteiger partial charge on any atom is 0.0510 e. The Hall–Kier alpha value is 0.01000. The monoisotopic (exact) mass is 240 g/mol. The highest BCUT2D eigenvalue weighted by Gasteiger charge is 2.19. The highest BCUT2D eigenvalue weighted by atomic mass is 32.2. The van der Waals surface area contributed by atoms with Crippen LogP contribution in [0.2, 0.25) is 0 Å². The highest BCUT2D eigenvalue weighted by Crippen LogP contribution is 2.31. The van der Waals surface area contributed by atoms with E-state index < -0.39 is 0 Å². The second-order valence-corrected chi connectivity index (χ2v) is 6.32. The fourth-order valence-electron chi connectivity index (χ4n) is 2.73. The van der Waals surface area contributed by atoms with Crippen LogP contribution in [0.15, 0.2) is 11.6 Å². The molecular weight excluding hydrogens is 216 g/mol. The Labute approximate surface area is 103 Å². The molecule has 2 aliphatic carbocycles. The van der Waals surface area contributed by atoms with Crippen LogP contribution in [0.25, 0.3) is 0 Å². The lowest BCUT2D eigenvalue weighted by Crippen LogP contribution is -2.39. The van der Waals surface area contributed by atoms with Gasteiger partial charge in [0.2, 0.25) is 0 Å². The minimum Gasteiger partial charge on any atom is -0.271 e. The third kappa shape index (κ3) is 3.51. The van der Waals surface area contributed by atoms with E-state index in [1.165, 1.54) is 51.4 Å². The first-order valence-corrected chi connectivity index (χ1v) is 7.71. The van der Waals surface area contributed by atoms with Gasteiger partial charge in [0.1, 0.15) is 0 Å². The van der Waals surface area contributed by atoms with Gasteiger partial charge in [0, 0.05) is 11.0 Å². The van der Waals surface area contributed by atoms with Crippen molar-refractivity contribution in [3.63, 3.8) is 0 Å². The summed E-state index contributed by atoms with van der Waals surface area (Å²) in [4.78, 5) is 0. The first-order chi connectivity index (χ1) is 7.90. The quantitative estimate of drug-likeness (QED) is 0.441. The molecule has 2 nitrogen and oxygen atoms in total. The van der Waals surface area contributed by atoms with E-state index in [0.717, 1.165) is 11.0 Å². The Balaban J connectivity index is 1.77. The lowest BCUT2D eigenvalue weighted by Gasteiger charge is -2.23. The normalized spacial score (nSPS) is 24.4. The number of nitrogens with two attached hydrogens (primary N) is 1. The van der Waals surface area contributed by atoms with Gasteiger partial charge in [-0.2, -0.15) is 11.8 Å². The Kier molecular flexibility index (Phi) is 5.20. The summed E-state index contributed by atoms with van der Waals surface area (Å²) in [5.41, 5.74) is 4.56. The van der Waals surface area contributed by atoms with Gasteiger partial charge in [0.25, 0.3) is 0 Å². The largest absolute Gasteiger partial charge is 0.271 e. The van der Waals surface area contributed by atoms with Crippen molar-refractivity contribution in [3.05, 3.63) is 11.6 Å². The number of allylic oxidation sites excluding steroid dienone is 1. The van der Waals surface area contributed by atoms with E-state index in [-0.39, 0.29) is 0 Å². The molecule has 3 N–H and O–H groups in total. The third-order valence-electron chi connectivity index (χ3n) is 3.78. The Morgan fingerprint density at radius 3 is 2.75 bits per heavy atom. The molecule has 1 unspecified atom stereocenters. The minimum absolute atomic E-state index is 0.422. The summed E-state index contributed by atoms with van der Waals surface area (Å²) in [5, 5.41) is 0.903. The molecule has 0 aromatic rings. The number of hydrogen-bond acceptors (Lipinski definition) is 3. The standard InChI is InChI=1S/C13H24N2S/c14-15-13(11-6-2-1-3-7-11)10-16-12-8-4-5-9-12/h6,12-13,15H,1-5,7-10,14H2. The smallest absolute Gasteiger partial charge is 0.0510 e. The van der Waals surface area contributed by atoms with Gasteiger partial charge in [-0.3, -0.25) is 11.3 Å². The lowest BCUT2D eigenvalue weighted by atomic mass is 9.95. The fourth-order valence-corrected chi connectivity index (χ4v) is 4.17. The van der Waals surface area contributed by atoms with Gasteiger partial charge in [-0.25, -0.2) is 0 Å². The third-order valence-corrected chi connectivity index (χ3v) is 5.24. The Morgan fingerprint density at radius 1 is 1.31 bits per heavy atom. The van der Waals surface area contributed by atoms with Gasteiger partial charge in [-0.05, 0) is 38.5 Å². The van der Waals surface area contributed by atoms with E-state index in [1.807, 2.05) is 0 Å². The summed E-state index contributed by atoms with van der Waals surface area (Å²) in [6.07, 6.45) is 13.3. The number of rotatable bonds is 5. The van der Waals surface area contributed by atoms with E-state index >= 15 is 0 Å².